The molecular formula is C20H15BrClN3O6. The molecule has 11 heteroatoms. The van der Waals surface area contributed by atoms with Crippen LogP contribution in [-0.4, -0.2) is 23.4 Å². The zero-order chi connectivity index (χ0) is 23.1. The highest BCUT2D eigenvalue weighted by molar-refractivity contribution is 9.10. The maximum absolute atomic E-state index is 12.5. The van der Waals surface area contributed by atoms with E-state index in [1.807, 2.05) is 0 Å². The number of halogens is 2. The quantitative estimate of drug-likeness (QED) is 0.141. The summed E-state index contributed by atoms with van der Waals surface area (Å²) < 4.78 is 11.0. The molecule has 0 bridgehead atoms. The Morgan fingerprint density at radius 2 is 2.06 bits per heavy atom. The number of amides is 1. The number of ether oxygens (including phenoxy) is 2. The lowest BCUT2D eigenvalue weighted by Gasteiger charge is -2.12. The first kappa shape index (κ1) is 23.9. The molecule has 2 rings (SSSR count). The van der Waals surface area contributed by atoms with Gasteiger partial charge in [0.15, 0.2) is 11.5 Å². The molecule has 9 nitrogen and oxygen atoms in total. The highest BCUT2D eigenvalue weighted by Gasteiger charge is 2.19. The van der Waals surface area contributed by atoms with Crippen LogP contribution >= 0.6 is 27.5 Å². The topological polar surface area (TPSA) is 132 Å². The Morgan fingerprint density at radius 1 is 1.35 bits per heavy atom. The second kappa shape index (κ2) is 10.6. The van der Waals surface area contributed by atoms with E-state index in [1.54, 1.807) is 13.0 Å². The molecule has 0 saturated heterocycles. The van der Waals surface area contributed by atoms with Gasteiger partial charge in [0.25, 0.3) is 11.6 Å². The molecule has 0 unspecified atom stereocenters. The van der Waals surface area contributed by atoms with E-state index in [0.717, 1.165) is 6.07 Å². The number of hydrogen-bond acceptors (Lipinski definition) is 7. The second-order valence-electron chi connectivity index (χ2n) is 5.90. The number of nitro groups is 1. The fourth-order valence-electron chi connectivity index (χ4n) is 2.44. The Morgan fingerprint density at radius 3 is 2.65 bits per heavy atom. The number of carbonyl (C=O) groups excluding carboxylic acids is 2. The van der Waals surface area contributed by atoms with Crippen LogP contribution in [0.25, 0.3) is 6.08 Å². The maximum atomic E-state index is 12.5. The lowest BCUT2D eigenvalue weighted by atomic mass is 10.1. The first-order chi connectivity index (χ1) is 14.7. The molecule has 2 aromatic rings. The van der Waals surface area contributed by atoms with Crippen molar-refractivity contribution in [3.05, 3.63) is 61.1 Å². The van der Waals surface area contributed by atoms with Crippen molar-refractivity contribution in [3.63, 3.8) is 0 Å². The van der Waals surface area contributed by atoms with Crippen molar-refractivity contribution < 1.29 is 24.0 Å². The van der Waals surface area contributed by atoms with Crippen LogP contribution in [-0.2, 0) is 9.59 Å². The zero-order valence-corrected chi connectivity index (χ0v) is 18.6. The fourth-order valence-corrected chi connectivity index (χ4v) is 3.15. The van der Waals surface area contributed by atoms with Gasteiger partial charge >= 0.3 is 5.97 Å². The number of nitrogens with zero attached hydrogens (tertiary/aromatic N) is 2. The third-order valence-corrected chi connectivity index (χ3v) is 4.48. The van der Waals surface area contributed by atoms with Gasteiger partial charge in [-0.25, -0.2) is 0 Å². The molecule has 0 radical (unpaired) electrons. The highest BCUT2D eigenvalue weighted by Crippen LogP contribution is 2.37. The van der Waals surface area contributed by atoms with Crippen LogP contribution in [0.4, 0.5) is 11.4 Å². The molecule has 0 aliphatic rings. The van der Waals surface area contributed by atoms with Crippen LogP contribution in [0.5, 0.6) is 11.5 Å². The summed E-state index contributed by atoms with van der Waals surface area (Å²) in [7, 11) is 0. The number of anilines is 1. The third-order valence-electron chi connectivity index (χ3n) is 3.66. The minimum atomic E-state index is -0.855. The fraction of sp³-hybridized carbons (Fsp3) is 0.150. The Labute approximate surface area is 190 Å². The van der Waals surface area contributed by atoms with E-state index in [9.17, 15) is 25.0 Å². The number of benzene rings is 2. The molecule has 160 valence electrons. The van der Waals surface area contributed by atoms with Gasteiger partial charge < -0.3 is 14.8 Å². The van der Waals surface area contributed by atoms with E-state index in [1.165, 1.54) is 37.3 Å². The summed E-state index contributed by atoms with van der Waals surface area (Å²) in [4.78, 5) is 34.4. The lowest BCUT2D eigenvalue weighted by Crippen LogP contribution is -2.14. The summed E-state index contributed by atoms with van der Waals surface area (Å²) in [5.74, 6) is -1.02. The first-order valence-corrected chi connectivity index (χ1v) is 9.85. The molecule has 1 N–H and O–H groups in total. The summed E-state index contributed by atoms with van der Waals surface area (Å²) in [5, 5.41) is 23.1. The largest absolute Gasteiger partial charge is 0.490 e. The molecule has 0 saturated carbocycles. The lowest BCUT2D eigenvalue weighted by molar-refractivity contribution is -0.383. The summed E-state index contributed by atoms with van der Waals surface area (Å²) >= 11 is 9.04. The number of esters is 1. The average Bonchev–Trinajstić information content (AvgIpc) is 2.69. The summed E-state index contributed by atoms with van der Waals surface area (Å²) in [6, 6.07) is 8.50. The standard InChI is InChI=1S/C20H15BrClN3O6/c1-3-30-18-8-12(7-15(21)19(18)31-11(2)26)6-13(10-23)20(27)24-16-5-4-14(22)9-17(16)25(28)29/h4-9H,3H2,1-2H3,(H,24,27)/b13-6+. The average molecular weight is 509 g/mol. The molecule has 0 atom stereocenters. The molecule has 0 aromatic heterocycles. The summed E-state index contributed by atoms with van der Waals surface area (Å²) in [5.41, 5.74) is -0.449. The van der Waals surface area contributed by atoms with Crippen LogP contribution in [0.2, 0.25) is 5.02 Å². The van der Waals surface area contributed by atoms with E-state index >= 15 is 0 Å². The van der Waals surface area contributed by atoms with Crippen LogP contribution in [0, 0.1) is 21.4 Å². The van der Waals surface area contributed by atoms with Crippen LogP contribution in [0.3, 0.4) is 0 Å². The zero-order valence-electron chi connectivity index (χ0n) is 16.3. The van der Waals surface area contributed by atoms with Crippen molar-refractivity contribution in [3.8, 4) is 17.6 Å². The van der Waals surface area contributed by atoms with Crippen molar-refractivity contribution in [2.45, 2.75) is 13.8 Å². The van der Waals surface area contributed by atoms with E-state index < -0.39 is 22.5 Å². The van der Waals surface area contributed by atoms with E-state index in [-0.39, 0.29) is 34.4 Å². The predicted molar refractivity (Wildman–Crippen MR) is 117 cm³/mol. The molecule has 0 spiro atoms. The summed E-state index contributed by atoms with van der Waals surface area (Å²) in [6.07, 6.45) is 1.27. The molecule has 31 heavy (non-hydrogen) atoms. The Bertz CT molecular complexity index is 1130. The van der Waals surface area contributed by atoms with Gasteiger partial charge in [-0.3, -0.25) is 19.7 Å². The predicted octanol–water partition coefficient (Wildman–Crippen LogP) is 4.88. The van der Waals surface area contributed by atoms with Gasteiger partial charge in [0.05, 0.1) is 16.0 Å². The van der Waals surface area contributed by atoms with Crippen molar-refractivity contribution in [2.75, 3.05) is 11.9 Å². The van der Waals surface area contributed by atoms with Crippen molar-refractivity contribution in [2.24, 2.45) is 0 Å². The van der Waals surface area contributed by atoms with Crippen molar-refractivity contribution in [1.82, 2.24) is 0 Å². The number of nitro benzene ring substituents is 1. The number of rotatable bonds is 7. The maximum Gasteiger partial charge on any atom is 0.308 e. The first-order valence-electron chi connectivity index (χ1n) is 8.68. The molecule has 0 aliphatic carbocycles. The van der Waals surface area contributed by atoms with Gasteiger partial charge in [-0.05, 0) is 58.8 Å². The van der Waals surface area contributed by atoms with Gasteiger partial charge in [0.2, 0.25) is 0 Å². The SMILES string of the molecule is CCOc1cc(/C=C(\C#N)C(=O)Nc2ccc(Cl)cc2[N+](=O)[O-])cc(Br)c1OC(C)=O. The number of hydrogen-bond donors (Lipinski definition) is 1. The Kier molecular flexibility index (Phi) is 8.13. The molecule has 2 aromatic carbocycles. The van der Waals surface area contributed by atoms with Crippen LogP contribution < -0.4 is 14.8 Å². The van der Waals surface area contributed by atoms with Gasteiger partial charge in [-0.2, -0.15) is 5.26 Å². The molecule has 0 heterocycles. The van der Waals surface area contributed by atoms with Gasteiger partial charge in [0, 0.05) is 18.0 Å². The minimum Gasteiger partial charge on any atom is -0.490 e. The second-order valence-corrected chi connectivity index (χ2v) is 7.19. The third kappa shape index (κ3) is 6.28. The Hall–Kier alpha value is -3.42. The molecular weight excluding hydrogens is 494 g/mol. The van der Waals surface area contributed by atoms with Gasteiger partial charge in [0.1, 0.15) is 17.3 Å². The van der Waals surface area contributed by atoms with Crippen LogP contribution in [0.1, 0.15) is 19.4 Å². The van der Waals surface area contributed by atoms with Crippen LogP contribution in [0.15, 0.2) is 40.4 Å². The molecule has 0 fully saturated rings. The van der Waals surface area contributed by atoms with E-state index in [4.69, 9.17) is 21.1 Å². The van der Waals surface area contributed by atoms with Crippen molar-refractivity contribution >= 4 is 56.9 Å². The van der Waals surface area contributed by atoms with Gasteiger partial charge in [-0.15, -0.1) is 0 Å². The number of nitrogens with one attached hydrogen (secondary N) is 1. The van der Waals surface area contributed by atoms with E-state index in [0.29, 0.717) is 10.0 Å². The molecule has 0 aliphatic heterocycles. The summed E-state index contributed by atoms with van der Waals surface area (Å²) in [6.45, 7) is 3.25. The minimum absolute atomic E-state index is 0.109. The monoisotopic (exact) mass is 507 g/mol. The van der Waals surface area contributed by atoms with Crippen molar-refractivity contribution in [1.29, 1.82) is 5.26 Å². The number of carbonyl (C=O) groups is 2. The highest BCUT2D eigenvalue weighted by atomic mass is 79.9. The molecule has 1 amide bonds. The Balaban J connectivity index is 2.41. The van der Waals surface area contributed by atoms with Gasteiger partial charge in [-0.1, -0.05) is 11.6 Å². The normalized spacial score (nSPS) is 10.7. The smallest absolute Gasteiger partial charge is 0.308 e. The number of nitriles is 1. The van der Waals surface area contributed by atoms with E-state index in [2.05, 4.69) is 21.2 Å².